The van der Waals surface area contributed by atoms with Gasteiger partial charge in [-0.15, -0.1) is 0 Å². The Balaban J connectivity index is 1.72. The summed E-state index contributed by atoms with van der Waals surface area (Å²) in [6, 6.07) is 13.7. The fraction of sp³-hybridized carbons (Fsp3) is 0.333. The van der Waals surface area contributed by atoms with E-state index in [1.165, 1.54) is 0 Å². The first kappa shape index (κ1) is 18.5. The molecule has 0 radical (unpaired) electrons. The first-order valence-electron chi connectivity index (χ1n) is 9.84. The summed E-state index contributed by atoms with van der Waals surface area (Å²) in [5, 5.41) is 0.908. The molecule has 4 heteroatoms. The number of fused-ring (bicyclic) bond motifs is 1. The molecule has 1 fully saturated rings. The van der Waals surface area contributed by atoms with E-state index in [4.69, 9.17) is 9.15 Å². The van der Waals surface area contributed by atoms with Crippen LogP contribution in [0.1, 0.15) is 47.9 Å². The van der Waals surface area contributed by atoms with Crippen LogP contribution >= 0.6 is 0 Å². The van der Waals surface area contributed by atoms with Gasteiger partial charge in [-0.1, -0.05) is 30.3 Å². The predicted molar refractivity (Wildman–Crippen MR) is 109 cm³/mol. The fourth-order valence-electron chi connectivity index (χ4n) is 3.93. The smallest absolute Gasteiger partial charge is 0.340 e. The highest BCUT2D eigenvalue weighted by Crippen LogP contribution is 2.32. The molecular weight excluding hydrogens is 352 g/mol. The van der Waals surface area contributed by atoms with E-state index in [1.807, 2.05) is 56.3 Å². The number of benzene rings is 2. The van der Waals surface area contributed by atoms with Crippen LogP contribution in [0.2, 0.25) is 0 Å². The minimum Gasteiger partial charge on any atom is -0.482 e. The monoisotopic (exact) mass is 376 g/mol. The normalized spacial score (nSPS) is 17.1. The van der Waals surface area contributed by atoms with Crippen molar-refractivity contribution < 1.29 is 13.9 Å². The van der Waals surface area contributed by atoms with Crippen LogP contribution in [0.4, 0.5) is 0 Å². The molecule has 1 aromatic heterocycles. The van der Waals surface area contributed by atoms with E-state index in [-0.39, 0.29) is 11.4 Å². The minimum atomic E-state index is -0.393. The van der Waals surface area contributed by atoms with Gasteiger partial charge in [-0.25, -0.2) is 4.79 Å². The zero-order chi connectivity index (χ0) is 19.7. The average Bonchev–Trinajstić information content (AvgIpc) is 2.70. The van der Waals surface area contributed by atoms with Crippen molar-refractivity contribution in [1.82, 2.24) is 0 Å². The quantitative estimate of drug-likeness (QED) is 0.608. The van der Waals surface area contributed by atoms with Crippen molar-refractivity contribution in [3.05, 3.63) is 75.1 Å². The molecule has 4 nitrogen and oxygen atoms in total. The molecule has 1 aliphatic carbocycles. The van der Waals surface area contributed by atoms with Crippen LogP contribution in [-0.4, -0.2) is 11.9 Å². The van der Waals surface area contributed by atoms with E-state index in [0.717, 1.165) is 41.3 Å². The Bertz CT molecular complexity index is 1080. The highest BCUT2D eigenvalue weighted by atomic mass is 16.5. The van der Waals surface area contributed by atoms with Gasteiger partial charge >= 0.3 is 5.63 Å². The van der Waals surface area contributed by atoms with E-state index < -0.39 is 6.10 Å². The summed E-state index contributed by atoms with van der Waals surface area (Å²) in [6.45, 7) is 3.84. The first-order valence-corrected chi connectivity index (χ1v) is 9.84. The average molecular weight is 376 g/mol. The summed E-state index contributed by atoms with van der Waals surface area (Å²) < 4.78 is 11.7. The number of Topliss-reactive ketones (excluding diaryl/α,β-unsaturated/α-hetero) is 1. The highest BCUT2D eigenvalue weighted by Gasteiger charge is 2.25. The maximum Gasteiger partial charge on any atom is 0.340 e. The van der Waals surface area contributed by atoms with Gasteiger partial charge in [0.25, 0.3) is 0 Å². The number of hydrogen-bond acceptors (Lipinski definition) is 4. The third-order valence-electron chi connectivity index (χ3n) is 5.65. The van der Waals surface area contributed by atoms with Gasteiger partial charge in [0.05, 0.1) is 0 Å². The molecule has 0 bridgehead atoms. The molecule has 144 valence electrons. The van der Waals surface area contributed by atoms with Crippen LogP contribution in [0.3, 0.4) is 0 Å². The van der Waals surface area contributed by atoms with Crippen LogP contribution in [0, 0.1) is 13.8 Å². The molecule has 0 amide bonds. The summed E-state index contributed by atoms with van der Waals surface area (Å²) in [4.78, 5) is 24.8. The van der Waals surface area contributed by atoms with Gasteiger partial charge in [0.2, 0.25) is 0 Å². The van der Waals surface area contributed by atoms with Crippen LogP contribution in [0.25, 0.3) is 11.0 Å². The second-order valence-corrected chi connectivity index (χ2v) is 7.54. The van der Waals surface area contributed by atoms with Gasteiger partial charge in [0, 0.05) is 29.4 Å². The summed E-state index contributed by atoms with van der Waals surface area (Å²) in [5.41, 5.74) is 3.67. The van der Waals surface area contributed by atoms with Crippen molar-refractivity contribution in [1.29, 1.82) is 0 Å². The molecular formula is C24H24O4. The third-order valence-corrected chi connectivity index (χ3v) is 5.65. The lowest BCUT2D eigenvalue weighted by atomic mass is 9.96. The Morgan fingerprint density at radius 3 is 2.54 bits per heavy atom. The summed E-state index contributed by atoms with van der Waals surface area (Å²) in [7, 11) is 0. The lowest BCUT2D eigenvalue weighted by Gasteiger charge is -2.23. The fourth-order valence-corrected chi connectivity index (χ4v) is 3.93. The van der Waals surface area contributed by atoms with Crippen molar-refractivity contribution in [2.45, 2.75) is 52.1 Å². The Morgan fingerprint density at radius 2 is 1.79 bits per heavy atom. The van der Waals surface area contributed by atoms with Crippen molar-refractivity contribution in [3.8, 4) is 5.75 Å². The van der Waals surface area contributed by atoms with Crippen molar-refractivity contribution in [2.75, 3.05) is 0 Å². The van der Waals surface area contributed by atoms with Crippen molar-refractivity contribution in [3.63, 3.8) is 0 Å². The summed E-state index contributed by atoms with van der Waals surface area (Å²) >= 11 is 0. The number of carbonyl (C=O) groups excluding carboxylic acids is 1. The lowest BCUT2D eigenvalue weighted by Crippen LogP contribution is -2.30. The zero-order valence-corrected chi connectivity index (χ0v) is 16.3. The topological polar surface area (TPSA) is 56.5 Å². The van der Waals surface area contributed by atoms with Gasteiger partial charge in [0.15, 0.2) is 11.9 Å². The predicted octanol–water partition coefficient (Wildman–Crippen LogP) is 4.89. The highest BCUT2D eigenvalue weighted by molar-refractivity contribution is 5.87. The van der Waals surface area contributed by atoms with Crippen LogP contribution < -0.4 is 10.4 Å². The molecule has 1 aliphatic rings. The molecule has 3 aromatic rings. The SMILES string of the molecule is Cc1c(Cc2ccccc2)c(=O)oc2c(C)c(OC3CCCCC3=O)ccc12. The van der Waals surface area contributed by atoms with Crippen molar-refractivity contribution >= 4 is 16.8 Å². The van der Waals surface area contributed by atoms with E-state index >= 15 is 0 Å². The largest absolute Gasteiger partial charge is 0.482 e. The van der Waals surface area contributed by atoms with Gasteiger partial charge in [-0.05, 0) is 56.4 Å². The number of aryl methyl sites for hydroxylation is 2. The van der Waals surface area contributed by atoms with Gasteiger partial charge in [-0.2, -0.15) is 0 Å². The summed E-state index contributed by atoms with van der Waals surface area (Å²) in [5.74, 6) is 0.771. The maximum absolute atomic E-state index is 12.7. The number of rotatable bonds is 4. The first-order chi connectivity index (χ1) is 13.5. The molecule has 28 heavy (non-hydrogen) atoms. The minimum absolute atomic E-state index is 0.154. The molecule has 1 heterocycles. The molecule has 2 aromatic carbocycles. The molecule has 4 rings (SSSR count). The van der Waals surface area contributed by atoms with E-state index in [1.54, 1.807) is 0 Å². The molecule has 0 saturated heterocycles. The Kier molecular flexibility index (Phi) is 5.03. The van der Waals surface area contributed by atoms with Crippen LogP contribution in [0.5, 0.6) is 5.75 Å². The number of ketones is 1. The molecule has 0 spiro atoms. The van der Waals surface area contributed by atoms with Crippen molar-refractivity contribution in [2.24, 2.45) is 0 Å². The lowest BCUT2D eigenvalue weighted by molar-refractivity contribution is -0.127. The van der Waals surface area contributed by atoms with Gasteiger partial charge < -0.3 is 9.15 Å². The molecule has 0 aliphatic heterocycles. The summed E-state index contributed by atoms with van der Waals surface area (Å²) in [6.07, 6.45) is 3.41. The Labute approximate surface area is 164 Å². The standard InChI is InChI=1S/C24H24O4/c1-15-18-12-13-21(27-22-11-7-6-10-20(22)25)16(2)23(18)28-24(26)19(15)14-17-8-4-3-5-9-17/h3-5,8-9,12-13,22H,6-7,10-11,14H2,1-2H3. The number of ether oxygens (including phenoxy) is 1. The second kappa shape index (κ2) is 7.63. The van der Waals surface area contributed by atoms with Crippen LogP contribution in [-0.2, 0) is 11.2 Å². The number of carbonyl (C=O) groups is 1. The third kappa shape index (κ3) is 3.47. The Morgan fingerprint density at radius 1 is 1.00 bits per heavy atom. The molecule has 0 N–H and O–H groups in total. The van der Waals surface area contributed by atoms with E-state index in [2.05, 4.69) is 0 Å². The maximum atomic E-state index is 12.7. The van der Waals surface area contributed by atoms with Crippen LogP contribution in [0.15, 0.2) is 51.7 Å². The molecule has 1 atom stereocenters. The van der Waals surface area contributed by atoms with E-state index in [9.17, 15) is 9.59 Å². The molecule has 1 saturated carbocycles. The second-order valence-electron chi connectivity index (χ2n) is 7.54. The van der Waals surface area contributed by atoms with Gasteiger partial charge in [-0.3, -0.25) is 4.79 Å². The Hall–Kier alpha value is -2.88. The van der Waals surface area contributed by atoms with Gasteiger partial charge in [0.1, 0.15) is 11.3 Å². The molecule has 1 unspecified atom stereocenters. The number of hydrogen-bond donors (Lipinski definition) is 0. The van der Waals surface area contributed by atoms with E-state index in [0.29, 0.717) is 29.7 Å². The zero-order valence-electron chi connectivity index (χ0n) is 16.3.